The van der Waals surface area contributed by atoms with E-state index in [0.717, 1.165) is 29.9 Å². The lowest BCUT2D eigenvalue weighted by Gasteiger charge is -2.42. The molecule has 2 aliphatic carbocycles. The maximum absolute atomic E-state index is 13.9. The molecule has 4 unspecified atom stereocenters. The molecule has 2 aliphatic rings. The summed E-state index contributed by atoms with van der Waals surface area (Å²) in [5, 5.41) is 0. The summed E-state index contributed by atoms with van der Waals surface area (Å²) in [5.41, 5.74) is 1.61. The average Bonchev–Trinajstić information content (AvgIpc) is 2.84. The number of ether oxygens (including phenoxy) is 2. The van der Waals surface area contributed by atoms with E-state index in [1.807, 2.05) is 12.1 Å². The van der Waals surface area contributed by atoms with Crippen molar-refractivity contribution in [3.05, 3.63) is 71.3 Å². The molecular weight excluding hydrogens is 434 g/mol. The highest BCUT2D eigenvalue weighted by molar-refractivity contribution is 5.91. The minimum Gasteiger partial charge on any atom is -0.491 e. The number of allylic oxidation sites excluding steroid dienone is 2. The first kappa shape index (κ1) is 24.4. The fraction of sp³-hybridized carbons (Fsp3) is 0.483. The van der Waals surface area contributed by atoms with E-state index in [0.29, 0.717) is 11.5 Å². The maximum Gasteiger partial charge on any atom is 0.343 e. The van der Waals surface area contributed by atoms with Crippen LogP contribution < -0.4 is 9.47 Å². The van der Waals surface area contributed by atoms with Crippen molar-refractivity contribution in [3.63, 3.8) is 0 Å². The molecule has 0 aromatic heterocycles. The zero-order valence-corrected chi connectivity index (χ0v) is 20.1. The van der Waals surface area contributed by atoms with Gasteiger partial charge in [0.1, 0.15) is 5.75 Å². The molecule has 5 heteroatoms. The van der Waals surface area contributed by atoms with Crippen molar-refractivity contribution >= 4 is 5.97 Å². The molecule has 0 radical (unpaired) electrons. The van der Waals surface area contributed by atoms with Crippen LogP contribution in [0.5, 0.6) is 11.5 Å². The number of carbonyl (C=O) groups excluding carboxylic acids is 1. The summed E-state index contributed by atoms with van der Waals surface area (Å²) >= 11 is 0. The maximum atomic E-state index is 13.9. The van der Waals surface area contributed by atoms with Gasteiger partial charge in [0.15, 0.2) is 17.4 Å². The average molecular weight is 469 g/mol. The quantitative estimate of drug-likeness (QED) is 0.236. The zero-order valence-electron chi connectivity index (χ0n) is 20.1. The van der Waals surface area contributed by atoms with Gasteiger partial charge in [-0.2, -0.15) is 0 Å². The van der Waals surface area contributed by atoms with Crippen LogP contribution in [-0.2, 0) is 0 Å². The van der Waals surface area contributed by atoms with Crippen molar-refractivity contribution in [1.29, 1.82) is 0 Å². The molecule has 2 saturated carbocycles. The van der Waals surface area contributed by atoms with Crippen LogP contribution >= 0.6 is 0 Å². The molecule has 0 amide bonds. The number of hydrogen-bond acceptors (Lipinski definition) is 3. The molecule has 0 bridgehead atoms. The van der Waals surface area contributed by atoms with Crippen LogP contribution in [0, 0.1) is 29.4 Å². The Labute approximate surface area is 201 Å². The monoisotopic (exact) mass is 468 g/mol. The van der Waals surface area contributed by atoms with Gasteiger partial charge in [0, 0.05) is 12.1 Å². The predicted octanol–water partition coefficient (Wildman–Crippen LogP) is 7.85. The Morgan fingerprint density at radius 1 is 1.00 bits per heavy atom. The van der Waals surface area contributed by atoms with Crippen LogP contribution in [0.15, 0.2) is 48.6 Å². The largest absolute Gasteiger partial charge is 0.491 e. The molecule has 2 aromatic rings. The molecule has 2 fully saturated rings. The first-order valence-corrected chi connectivity index (χ1v) is 12.4. The highest BCUT2D eigenvalue weighted by Crippen LogP contribution is 2.48. The fourth-order valence-electron chi connectivity index (χ4n) is 5.90. The highest BCUT2D eigenvalue weighted by Gasteiger charge is 2.35. The zero-order chi connectivity index (χ0) is 24.1. The van der Waals surface area contributed by atoms with Crippen molar-refractivity contribution in [1.82, 2.24) is 0 Å². The molecule has 4 rings (SSSR count). The minimum atomic E-state index is -0.914. The molecule has 34 heavy (non-hydrogen) atoms. The molecule has 0 saturated heterocycles. The van der Waals surface area contributed by atoms with Gasteiger partial charge in [-0.3, -0.25) is 0 Å². The van der Waals surface area contributed by atoms with Crippen LogP contribution in [0.25, 0.3) is 0 Å². The molecule has 4 atom stereocenters. The number of halogens is 2. The number of carbonyl (C=O) groups is 1. The van der Waals surface area contributed by atoms with Crippen LogP contribution in [0.1, 0.15) is 80.1 Å². The van der Waals surface area contributed by atoms with Crippen molar-refractivity contribution in [2.75, 3.05) is 7.11 Å². The third-order valence-corrected chi connectivity index (χ3v) is 7.70. The van der Waals surface area contributed by atoms with Crippen LogP contribution in [0.2, 0.25) is 0 Å². The summed E-state index contributed by atoms with van der Waals surface area (Å²) in [5.74, 6) is -0.0869. The molecule has 2 aromatic carbocycles. The lowest BCUT2D eigenvalue weighted by Crippen LogP contribution is -2.30. The molecule has 3 nitrogen and oxygen atoms in total. The highest BCUT2D eigenvalue weighted by atomic mass is 19.1. The van der Waals surface area contributed by atoms with Crippen LogP contribution in [0.3, 0.4) is 0 Å². The molecule has 0 spiro atoms. The summed E-state index contributed by atoms with van der Waals surface area (Å²) < 4.78 is 37.6. The second-order valence-electron chi connectivity index (χ2n) is 9.79. The van der Waals surface area contributed by atoms with E-state index in [4.69, 9.17) is 4.74 Å². The predicted molar refractivity (Wildman–Crippen MR) is 129 cm³/mol. The third-order valence-electron chi connectivity index (χ3n) is 7.70. The van der Waals surface area contributed by atoms with Gasteiger partial charge in [-0.05, 0) is 93.2 Å². The number of benzene rings is 2. The Kier molecular flexibility index (Phi) is 8.02. The molecule has 182 valence electrons. The lowest BCUT2D eigenvalue weighted by molar-refractivity contribution is 0.0733. The van der Waals surface area contributed by atoms with E-state index < -0.39 is 23.4 Å². The number of esters is 1. The van der Waals surface area contributed by atoms with Crippen molar-refractivity contribution in [2.45, 2.75) is 64.2 Å². The Bertz CT molecular complexity index is 992. The van der Waals surface area contributed by atoms with Gasteiger partial charge in [0.2, 0.25) is 0 Å². The Morgan fingerprint density at radius 2 is 1.68 bits per heavy atom. The lowest BCUT2D eigenvalue weighted by atomic mass is 9.63. The van der Waals surface area contributed by atoms with E-state index in [2.05, 4.69) is 23.8 Å². The van der Waals surface area contributed by atoms with Gasteiger partial charge < -0.3 is 9.47 Å². The Hall–Kier alpha value is -2.69. The van der Waals surface area contributed by atoms with Crippen molar-refractivity contribution < 1.29 is 23.0 Å². The van der Waals surface area contributed by atoms with E-state index in [-0.39, 0.29) is 5.75 Å². The van der Waals surface area contributed by atoms with E-state index in [1.165, 1.54) is 64.0 Å². The standard InChI is InChI=1S/C29H34F2O3/c1-3-4-5-6-19-7-8-24-16-23(14-13-22(24)15-19)20-9-11-21(12-10-20)29(32)34-25-17-26(30)28(33-2)27(31)18-25/h3-4,9-12,17-19,22-24H,5-8,13-16H2,1-2H3/b4-3+. The van der Waals surface area contributed by atoms with Crippen molar-refractivity contribution in [3.8, 4) is 11.5 Å². The summed E-state index contributed by atoms with van der Waals surface area (Å²) in [6, 6.07) is 9.39. The molecule has 0 heterocycles. The molecule has 0 N–H and O–H groups in total. The SMILES string of the molecule is C/C=C/CCC1CCC2CC(c3ccc(C(=O)Oc4cc(F)c(OC)c(F)c4)cc3)CCC2C1. The summed E-state index contributed by atoms with van der Waals surface area (Å²) in [4.78, 5) is 12.5. The van der Waals surface area contributed by atoms with Gasteiger partial charge in [-0.15, -0.1) is 0 Å². The first-order chi connectivity index (χ1) is 16.5. The Balaban J connectivity index is 1.33. The smallest absolute Gasteiger partial charge is 0.343 e. The van der Waals surface area contributed by atoms with Gasteiger partial charge >= 0.3 is 5.97 Å². The van der Waals surface area contributed by atoms with Gasteiger partial charge in [0.05, 0.1) is 12.7 Å². The second kappa shape index (κ2) is 11.2. The number of hydrogen-bond donors (Lipinski definition) is 0. The minimum absolute atomic E-state index is 0.190. The molecule has 0 aliphatic heterocycles. The van der Waals surface area contributed by atoms with Crippen LogP contribution in [0.4, 0.5) is 8.78 Å². The molecular formula is C29H34F2O3. The van der Waals surface area contributed by atoms with E-state index in [1.54, 1.807) is 12.1 Å². The summed E-state index contributed by atoms with van der Waals surface area (Å²) in [6.07, 6.45) is 14.7. The van der Waals surface area contributed by atoms with Gasteiger partial charge in [-0.25, -0.2) is 13.6 Å². The van der Waals surface area contributed by atoms with E-state index >= 15 is 0 Å². The second-order valence-corrected chi connectivity index (χ2v) is 9.79. The summed E-state index contributed by atoms with van der Waals surface area (Å²) in [6.45, 7) is 2.09. The topological polar surface area (TPSA) is 35.5 Å². The number of methoxy groups -OCH3 is 1. The number of fused-ring (bicyclic) bond motifs is 1. The Morgan fingerprint density at radius 3 is 2.35 bits per heavy atom. The van der Waals surface area contributed by atoms with E-state index in [9.17, 15) is 13.6 Å². The van der Waals surface area contributed by atoms with Crippen LogP contribution in [-0.4, -0.2) is 13.1 Å². The first-order valence-electron chi connectivity index (χ1n) is 12.4. The fourth-order valence-corrected chi connectivity index (χ4v) is 5.90. The summed E-state index contributed by atoms with van der Waals surface area (Å²) in [7, 11) is 1.18. The van der Waals surface area contributed by atoms with Gasteiger partial charge in [-0.1, -0.05) is 30.7 Å². The van der Waals surface area contributed by atoms with Gasteiger partial charge in [0.25, 0.3) is 0 Å². The normalized spacial score (nSPS) is 24.6. The number of rotatable bonds is 7. The third kappa shape index (κ3) is 5.68. The van der Waals surface area contributed by atoms with Crippen molar-refractivity contribution in [2.24, 2.45) is 17.8 Å².